The molecule has 0 amide bonds. The standard InChI is InChI=1S/C9H10O3.C7H8O2.C2H4O2.C2H6O.BF3/c1-5-3-7(11)4-8(12)9(5)6(2)10;1-5-2-6(8)4-7(9)3-5;1-2(3)4;1-2-3;2-1(3)4/h3-4,11-12H,1-2H3;2-4,8-9H,1H3;1H3,(H,3,4);3H,2H2,1H3;. The zero-order chi connectivity index (χ0) is 26.0. The van der Waals surface area contributed by atoms with Gasteiger partial charge in [0.05, 0.1) is 5.56 Å². The third kappa shape index (κ3) is 21.3. The van der Waals surface area contributed by atoms with Crippen LogP contribution in [-0.4, -0.2) is 56.5 Å². The summed E-state index contributed by atoms with van der Waals surface area (Å²) in [7, 11) is -3.67. The highest BCUT2D eigenvalue weighted by Crippen LogP contribution is 2.26. The summed E-state index contributed by atoms with van der Waals surface area (Å²) in [6.45, 7) is 7.86. The summed E-state index contributed by atoms with van der Waals surface area (Å²) in [4.78, 5) is 20.0. The van der Waals surface area contributed by atoms with Gasteiger partial charge in [-0.1, -0.05) is 0 Å². The van der Waals surface area contributed by atoms with Crippen molar-refractivity contribution in [3.63, 3.8) is 0 Å². The lowest BCUT2D eigenvalue weighted by Gasteiger charge is -2.04. The van der Waals surface area contributed by atoms with E-state index in [0.29, 0.717) is 5.56 Å². The van der Waals surface area contributed by atoms with Crippen molar-refractivity contribution in [1.29, 1.82) is 0 Å². The van der Waals surface area contributed by atoms with E-state index in [2.05, 4.69) is 0 Å². The Morgan fingerprint density at radius 3 is 1.41 bits per heavy atom. The maximum absolute atomic E-state index is 11.0. The molecule has 180 valence electrons. The number of phenols is 4. The van der Waals surface area contributed by atoms with E-state index < -0.39 is 13.5 Å². The SMILES string of the molecule is CC(=O)O.CC(=O)c1c(C)cc(O)cc1O.CCO.Cc1cc(O)cc(O)c1.FB(F)F. The normalized spacial score (nSPS) is 8.53. The van der Waals surface area contributed by atoms with Crippen molar-refractivity contribution in [3.05, 3.63) is 47.0 Å². The molecule has 0 heterocycles. The highest BCUT2D eigenvalue weighted by atomic mass is 19.4. The maximum Gasteiger partial charge on any atom is 0.762 e. The number of Topliss-reactive ketones (excluding diaryl/α,β-unsaturated/α-hetero) is 1. The molecule has 0 aliphatic carbocycles. The van der Waals surface area contributed by atoms with Crippen molar-refractivity contribution < 1.29 is 53.2 Å². The summed E-state index contributed by atoms with van der Waals surface area (Å²) >= 11 is 0. The number of aromatic hydroxyl groups is 4. The summed E-state index contributed by atoms with van der Waals surface area (Å²) in [6.07, 6.45) is 0. The van der Waals surface area contributed by atoms with Gasteiger partial charge in [-0.05, 0) is 57.0 Å². The Labute approximate surface area is 184 Å². The van der Waals surface area contributed by atoms with Gasteiger partial charge in [-0.25, -0.2) is 0 Å². The predicted octanol–water partition coefficient (Wildman–Crippen LogP) is 3.98. The van der Waals surface area contributed by atoms with Crippen LogP contribution in [-0.2, 0) is 4.79 Å². The number of aliphatic hydroxyl groups is 1. The summed E-state index contributed by atoms with van der Waals surface area (Å²) in [6, 6.07) is 7.06. The zero-order valence-electron chi connectivity index (χ0n) is 18.3. The average Bonchev–Trinajstić information content (AvgIpc) is 2.52. The number of aryl methyl sites for hydroxylation is 2. The average molecular weight is 464 g/mol. The van der Waals surface area contributed by atoms with E-state index >= 15 is 0 Å². The first-order valence-electron chi connectivity index (χ1n) is 8.84. The van der Waals surface area contributed by atoms with E-state index in [9.17, 15) is 22.8 Å². The largest absolute Gasteiger partial charge is 0.762 e. The number of carboxylic acid groups (broad SMARTS) is 1. The van der Waals surface area contributed by atoms with Crippen LogP contribution in [0.4, 0.5) is 12.9 Å². The van der Waals surface area contributed by atoms with Crippen LogP contribution in [0.15, 0.2) is 30.3 Å². The minimum absolute atomic E-state index is 0.0324. The minimum atomic E-state index is -3.67. The third-order valence-corrected chi connectivity index (χ3v) is 2.70. The lowest BCUT2D eigenvalue weighted by Crippen LogP contribution is -1.96. The fourth-order valence-electron chi connectivity index (χ4n) is 1.95. The third-order valence-electron chi connectivity index (χ3n) is 2.70. The first-order chi connectivity index (χ1) is 14.6. The van der Waals surface area contributed by atoms with Crippen LogP contribution in [0.25, 0.3) is 0 Å². The van der Waals surface area contributed by atoms with Crippen molar-refractivity contribution in [2.45, 2.75) is 34.6 Å². The molecule has 0 unspecified atom stereocenters. The molecule has 0 saturated carbocycles. The second-order valence-electron chi connectivity index (χ2n) is 5.82. The van der Waals surface area contributed by atoms with Gasteiger partial charge in [0.2, 0.25) is 0 Å². The van der Waals surface area contributed by atoms with Gasteiger partial charge >= 0.3 is 7.54 Å². The number of rotatable bonds is 1. The molecule has 6 N–H and O–H groups in total. The number of ketones is 1. The molecule has 0 aromatic heterocycles. The van der Waals surface area contributed by atoms with E-state index in [-0.39, 0.29) is 41.0 Å². The van der Waals surface area contributed by atoms with Crippen molar-refractivity contribution in [1.82, 2.24) is 0 Å². The number of aliphatic carboxylic acids is 1. The quantitative estimate of drug-likeness (QED) is 0.274. The first-order valence-corrected chi connectivity index (χ1v) is 8.84. The molecule has 2 aromatic rings. The molecule has 0 saturated heterocycles. The van der Waals surface area contributed by atoms with Gasteiger partial charge in [0, 0.05) is 25.7 Å². The monoisotopic (exact) mass is 464 g/mol. The van der Waals surface area contributed by atoms with Crippen LogP contribution < -0.4 is 0 Å². The van der Waals surface area contributed by atoms with E-state index in [1.54, 1.807) is 32.9 Å². The second-order valence-corrected chi connectivity index (χ2v) is 5.82. The Kier molecular flexibility index (Phi) is 19.1. The van der Waals surface area contributed by atoms with Crippen molar-refractivity contribution in [3.8, 4) is 23.0 Å². The van der Waals surface area contributed by atoms with E-state index in [4.69, 9.17) is 30.3 Å². The number of phenolic OH excluding ortho intramolecular Hbond substituents is 4. The number of carboxylic acids is 1. The maximum atomic E-state index is 11.0. The topological polar surface area (TPSA) is 156 Å². The molecular weight excluding hydrogens is 436 g/mol. The number of hydrogen-bond acceptors (Lipinski definition) is 7. The molecule has 0 atom stereocenters. The second kappa shape index (κ2) is 18.4. The van der Waals surface area contributed by atoms with E-state index in [1.807, 2.05) is 0 Å². The fraction of sp³-hybridized carbons (Fsp3) is 0.300. The van der Waals surface area contributed by atoms with Crippen LogP contribution in [0.5, 0.6) is 23.0 Å². The number of halogens is 3. The summed E-state index contributed by atoms with van der Waals surface area (Å²) in [5, 5.41) is 50.9. The Morgan fingerprint density at radius 1 is 0.844 bits per heavy atom. The summed E-state index contributed by atoms with van der Waals surface area (Å²) in [5.74, 6) is -1.03. The molecule has 0 spiro atoms. The fourth-order valence-corrected chi connectivity index (χ4v) is 1.95. The molecule has 8 nitrogen and oxygen atoms in total. The van der Waals surface area contributed by atoms with E-state index in [1.165, 1.54) is 19.1 Å². The Morgan fingerprint density at radius 2 is 1.16 bits per heavy atom. The molecule has 0 aliphatic rings. The van der Waals surface area contributed by atoms with Gasteiger partial charge in [-0.15, -0.1) is 0 Å². The van der Waals surface area contributed by atoms with Crippen LogP contribution in [0, 0.1) is 13.8 Å². The Hall–Kier alpha value is -3.41. The van der Waals surface area contributed by atoms with Gasteiger partial charge < -0.3 is 30.6 Å². The molecule has 2 rings (SSSR count). The van der Waals surface area contributed by atoms with Crippen LogP contribution in [0.2, 0.25) is 0 Å². The van der Waals surface area contributed by atoms with Crippen molar-refractivity contribution >= 4 is 19.3 Å². The molecule has 2 aromatic carbocycles. The van der Waals surface area contributed by atoms with Crippen LogP contribution >= 0.6 is 0 Å². The molecule has 0 aliphatic heterocycles. The summed E-state index contributed by atoms with van der Waals surface area (Å²) < 4.78 is 29.0. The molecular formula is C20H28BF3O8. The summed E-state index contributed by atoms with van der Waals surface area (Å²) in [5.41, 5.74) is 1.71. The Bertz CT molecular complexity index is 752. The zero-order valence-corrected chi connectivity index (χ0v) is 18.3. The first kappa shape index (κ1) is 33.2. The minimum Gasteiger partial charge on any atom is -0.508 e. The van der Waals surface area contributed by atoms with Crippen molar-refractivity contribution in [2.75, 3.05) is 6.61 Å². The molecule has 32 heavy (non-hydrogen) atoms. The van der Waals surface area contributed by atoms with E-state index in [0.717, 1.165) is 18.6 Å². The number of carbonyl (C=O) groups is 2. The lowest BCUT2D eigenvalue weighted by molar-refractivity contribution is -0.134. The van der Waals surface area contributed by atoms with Gasteiger partial charge in [0.25, 0.3) is 5.97 Å². The number of carbonyl (C=O) groups excluding carboxylic acids is 1. The van der Waals surface area contributed by atoms with Gasteiger partial charge in [0.1, 0.15) is 23.0 Å². The lowest BCUT2D eigenvalue weighted by atomic mass is 10.0. The van der Waals surface area contributed by atoms with Gasteiger partial charge in [-0.2, -0.15) is 0 Å². The number of benzene rings is 2. The molecule has 0 radical (unpaired) electrons. The molecule has 12 heteroatoms. The van der Waals surface area contributed by atoms with Crippen LogP contribution in [0.3, 0.4) is 0 Å². The highest BCUT2D eigenvalue weighted by Gasteiger charge is 2.10. The van der Waals surface area contributed by atoms with Gasteiger partial charge in [-0.3, -0.25) is 22.5 Å². The number of aliphatic hydroxyl groups excluding tert-OH is 1. The van der Waals surface area contributed by atoms with Crippen LogP contribution in [0.1, 0.15) is 42.3 Å². The number of hydrogen-bond donors (Lipinski definition) is 6. The van der Waals surface area contributed by atoms with Gasteiger partial charge in [0.15, 0.2) is 5.78 Å². The smallest absolute Gasteiger partial charge is 0.508 e. The molecule has 0 fully saturated rings. The predicted molar refractivity (Wildman–Crippen MR) is 114 cm³/mol. The molecule has 0 bridgehead atoms. The Balaban J connectivity index is -0.000000370. The highest BCUT2D eigenvalue weighted by molar-refractivity contribution is 6.33. The van der Waals surface area contributed by atoms with Crippen molar-refractivity contribution in [2.24, 2.45) is 0 Å².